The molecule has 0 bridgehead atoms. The number of hydrogen-bond donors (Lipinski definition) is 1. The summed E-state index contributed by atoms with van der Waals surface area (Å²) in [7, 11) is -3.88. The van der Waals surface area contributed by atoms with Crippen molar-refractivity contribution >= 4 is 56.0 Å². The third-order valence-corrected chi connectivity index (χ3v) is 8.03. The Kier molecular flexibility index (Phi) is 4.95. The van der Waals surface area contributed by atoms with Crippen molar-refractivity contribution < 1.29 is 17.6 Å². The van der Waals surface area contributed by atoms with Crippen molar-refractivity contribution in [1.29, 1.82) is 0 Å². The van der Waals surface area contributed by atoms with Crippen LogP contribution in [-0.4, -0.2) is 14.3 Å². The standard InChI is InChI=1S/C19H12Cl2FNO3S2/c20-10-1-4-12(5-2-10)28(25,26)16-9-27-19-14(8-17(24)23-18(16)19)13-7-11(21)3-6-15(13)22/h1-7,9,14H,8H2,(H,23,24)/t14-/m1/s1. The van der Waals surface area contributed by atoms with Crippen LogP contribution < -0.4 is 5.32 Å². The number of amides is 1. The first-order valence-corrected chi connectivity index (χ1v) is 11.3. The molecule has 1 aliphatic rings. The van der Waals surface area contributed by atoms with E-state index in [0.29, 0.717) is 14.9 Å². The molecule has 144 valence electrons. The van der Waals surface area contributed by atoms with Gasteiger partial charge in [0.05, 0.1) is 10.6 Å². The highest BCUT2D eigenvalue weighted by atomic mass is 35.5. The molecule has 9 heteroatoms. The molecule has 1 amide bonds. The molecule has 2 aromatic carbocycles. The van der Waals surface area contributed by atoms with Crippen LogP contribution in [0, 0.1) is 5.82 Å². The molecule has 4 rings (SSSR count). The zero-order valence-corrected chi connectivity index (χ0v) is 17.2. The van der Waals surface area contributed by atoms with Crippen molar-refractivity contribution in [3.8, 4) is 0 Å². The van der Waals surface area contributed by atoms with E-state index in [1.807, 2.05) is 0 Å². The van der Waals surface area contributed by atoms with Gasteiger partial charge in [-0.3, -0.25) is 4.79 Å². The van der Waals surface area contributed by atoms with Crippen LogP contribution in [0.1, 0.15) is 22.8 Å². The molecule has 1 aromatic heterocycles. The monoisotopic (exact) mass is 455 g/mol. The third-order valence-electron chi connectivity index (χ3n) is 4.50. The Morgan fingerprint density at radius 2 is 1.75 bits per heavy atom. The smallest absolute Gasteiger partial charge is 0.225 e. The first-order chi connectivity index (χ1) is 13.3. The molecule has 1 atom stereocenters. The number of benzene rings is 2. The van der Waals surface area contributed by atoms with Crippen LogP contribution in [0.25, 0.3) is 0 Å². The lowest BCUT2D eigenvalue weighted by molar-refractivity contribution is -0.116. The minimum Gasteiger partial charge on any atom is -0.324 e. The quantitative estimate of drug-likeness (QED) is 0.566. The number of carbonyl (C=O) groups is 1. The summed E-state index contributed by atoms with van der Waals surface area (Å²) >= 11 is 13.0. The van der Waals surface area contributed by atoms with Crippen LogP contribution >= 0.6 is 34.5 Å². The molecule has 3 aromatic rings. The van der Waals surface area contributed by atoms with Crippen molar-refractivity contribution in [3.05, 3.63) is 74.1 Å². The Labute approximate surface area is 174 Å². The van der Waals surface area contributed by atoms with Gasteiger partial charge in [-0.25, -0.2) is 12.8 Å². The molecular formula is C19H12Cl2FNO3S2. The second kappa shape index (κ2) is 7.15. The lowest BCUT2D eigenvalue weighted by atomic mass is 9.90. The molecule has 4 nitrogen and oxygen atoms in total. The summed E-state index contributed by atoms with van der Waals surface area (Å²) in [5, 5.41) is 4.86. The van der Waals surface area contributed by atoms with Crippen LogP contribution in [0.2, 0.25) is 10.0 Å². The highest BCUT2D eigenvalue weighted by Gasteiger charge is 2.35. The van der Waals surface area contributed by atoms with Gasteiger partial charge in [-0.05, 0) is 48.0 Å². The summed E-state index contributed by atoms with van der Waals surface area (Å²) in [5.41, 5.74) is 0.460. The average molecular weight is 456 g/mol. The van der Waals surface area contributed by atoms with Gasteiger partial charge in [0.15, 0.2) is 0 Å². The van der Waals surface area contributed by atoms with E-state index in [9.17, 15) is 17.6 Å². The number of carbonyl (C=O) groups excluding carboxylic acids is 1. The van der Waals surface area contributed by atoms with E-state index in [0.717, 1.165) is 0 Å². The predicted molar refractivity (Wildman–Crippen MR) is 108 cm³/mol. The molecule has 28 heavy (non-hydrogen) atoms. The van der Waals surface area contributed by atoms with Gasteiger partial charge in [0.25, 0.3) is 0 Å². The van der Waals surface area contributed by atoms with Gasteiger partial charge in [0, 0.05) is 32.6 Å². The summed E-state index contributed by atoms with van der Waals surface area (Å²) in [6.45, 7) is 0. The van der Waals surface area contributed by atoms with Crippen molar-refractivity contribution in [3.63, 3.8) is 0 Å². The summed E-state index contributed by atoms with van der Waals surface area (Å²) < 4.78 is 40.5. The normalized spacial score (nSPS) is 16.5. The van der Waals surface area contributed by atoms with E-state index in [1.54, 1.807) is 0 Å². The van der Waals surface area contributed by atoms with Crippen molar-refractivity contribution in [2.75, 3.05) is 5.32 Å². The van der Waals surface area contributed by atoms with E-state index in [4.69, 9.17) is 23.2 Å². The SMILES string of the molecule is O=C1C[C@H](c2cc(Cl)ccc2F)c2scc(S(=O)(=O)c3ccc(Cl)cc3)c2N1. The maximum atomic E-state index is 14.4. The van der Waals surface area contributed by atoms with Crippen LogP contribution in [0.15, 0.2) is 57.6 Å². The highest BCUT2D eigenvalue weighted by molar-refractivity contribution is 7.91. The van der Waals surface area contributed by atoms with Gasteiger partial charge < -0.3 is 5.32 Å². The Hall–Kier alpha value is -1.93. The molecule has 1 N–H and O–H groups in total. The fraction of sp³-hybridized carbons (Fsp3) is 0.105. The van der Waals surface area contributed by atoms with E-state index < -0.39 is 21.6 Å². The molecule has 0 saturated carbocycles. The lowest BCUT2D eigenvalue weighted by Crippen LogP contribution is -2.24. The second-order valence-corrected chi connectivity index (χ2v) is 9.97. The Morgan fingerprint density at radius 3 is 2.46 bits per heavy atom. The van der Waals surface area contributed by atoms with Gasteiger partial charge >= 0.3 is 0 Å². The number of nitrogens with one attached hydrogen (secondary N) is 1. The number of hydrogen-bond acceptors (Lipinski definition) is 4. The van der Waals surface area contributed by atoms with Gasteiger partial charge in [0.2, 0.25) is 15.7 Å². The van der Waals surface area contributed by atoms with Crippen LogP contribution in [0.5, 0.6) is 0 Å². The maximum absolute atomic E-state index is 14.4. The predicted octanol–water partition coefficient (Wildman–Crippen LogP) is 5.50. The molecular weight excluding hydrogens is 444 g/mol. The molecule has 0 saturated heterocycles. The van der Waals surface area contributed by atoms with Crippen molar-refractivity contribution in [1.82, 2.24) is 0 Å². The van der Waals surface area contributed by atoms with Crippen molar-refractivity contribution in [2.45, 2.75) is 22.1 Å². The zero-order valence-electron chi connectivity index (χ0n) is 14.1. The fourth-order valence-electron chi connectivity index (χ4n) is 3.18. The van der Waals surface area contributed by atoms with Crippen LogP contribution in [0.4, 0.5) is 10.1 Å². The number of anilines is 1. The first kappa shape index (κ1) is 19.4. The van der Waals surface area contributed by atoms with Gasteiger partial charge in [0.1, 0.15) is 10.7 Å². The van der Waals surface area contributed by atoms with Gasteiger partial charge in [-0.1, -0.05) is 23.2 Å². The van der Waals surface area contributed by atoms with Gasteiger partial charge in [-0.15, -0.1) is 11.3 Å². The van der Waals surface area contributed by atoms with Crippen LogP contribution in [0.3, 0.4) is 0 Å². The molecule has 0 aliphatic carbocycles. The zero-order chi connectivity index (χ0) is 20.1. The number of thiophene rings is 1. The van der Waals surface area contributed by atoms with E-state index >= 15 is 0 Å². The summed E-state index contributed by atoms with van der Waals surface area (Å²) in [6.07, 6.45) is 0.00517. The van der Waals surface area contributed by atoms with E-state index in [2.05, 4.69) is 5.32 Å². The molecule has 0 unspecified atom stereocenters. The largest absolute Gasteiger partial charge is 0.324 e. The summed E-state index contributed by atoms with van der Waals surface area (Å²) in [4.78, 5) is 12.9. The van der Waals surface area contributed by atoms with Crippen LogP contribution in [-0.2, 0) is 14.6 Å². The molecule has 0 radical (unpaired) electrons. The van der Waals surface area contributed by atoms with E-state index in [1.165, 1.54) is 59.2 Å². The third kappa shape index (κ3) is 3.33. The number of halogens is 3. The molecule has 1 aliphatic heterocycles. The maximum Gasteiger partial charge on any atom is 0.225 e. The Balaban J connectivity index is 1.85. The first-order valence-electron chi connectivity index (χ1n) is 8.14. The minimum absolute atomic E-state index is 0.00517. The fourth-order valence-corrected chi connectivity index (χ4v) is 6.38. The molecule has 0 spiro atoms. The highest BCUT2D eigenvalue weighted by Crippen LogP contribution is 2.46. The lowest BCUT2D eigenvalue weighted by Gasteiger charge is -2.24. The molecule has 0 fully saturated rings. The number of rotatable bonds is 3. The minimum atomic E-state index is -3.88. The van der Waals surface area contributed by atoms with Gasteiger partial charge in [-0.2, -0.15) is 0 Å². The topological polar surface area (TPSA) is 63.2 Å². The van der Waals surface area contributed by atoms with Crippen molar-refractivity contribution in [2.24, 2.45) is 0 Å². The summed E-state index contributed by atoms with van der Waals surface area (Å²) in [6, 6.07) is 9.90. The van der Waals surface area contributed by atoms with E-state index in [-0.39, 0.29) is 33.4 Å². The number of sulfone groups is 1. The average Bonchev–Trinajstić information content (AvgIpc) is 3.08. The molecule has 2 heterocycles. The second-order valence-electron chi connectivity index (χ2n) is 6.27. The number of fused-ring (bicyclic) bond motifs is 1. The summed E-state index contributed by atoms with van der Waals surface area (Å²) in [5.74, 6) is -1.49. The Morgan fingerprint density at radius 1 is 1.07 bits per heavy atom. The Bertz CT molecular complexity index is 1190.